The van der Waals surface area contributed by atoms with E-state index in [-0.39, 0.29) is 5.41 Å². The summed E-state index contributed by atoms with van der Waals surface area (Å²) in [6.45, 7) is 8.63. The van der Waals surface area contributed by atoms with Gasteiger partial charge in [-0.3, -0.25) is 0 Å². The predicted molar refractivity (Wildman–Crippen MR) is 45.5 cm³/mol. The van der Waals surface area contributed by atoms with Crippen LogP contribution in [0.3, 0.4) is 0 Å². The Balaban J connectivity index is 2.70. The van der Waals surface area contributed by atoms with E-state index in [1.807, 2.05) is 0 Å². The topological polar surface area (TPSA) is 0 Å². The van der Waals surface area contributed by atoms with Gasteiger partial charge < -0.3 is 0 Å². The molecule has 0 aromatic carbocycles. The maximum Gasteiger partial charge on any atom is -0.00573 e. The Morgan fingerprint density at radius 2 is 2.10 bits per heavy atom. The molecule has 0 nitrogen and oxygen atoms in total. The lowest BCUT2D eigenvalue weighted by molar-refractivity contribution is 0.343. The fourth-order valence-corrected chi connectivity index (χ4v) is 1.11. The van der Waals surface area contributed by atoms with Gasteiger partial charge in [0, 0.05) is 0 Å². The monoisotopic (exact) mass is 135 g/mol. The van der Waals surface area contributed by atoms with Crippen molar-refractivity contribution in [3.63, 3.8) is 0 Å². The van der Waals surface area contributed by atoms with E-state index >= 15 is 0 Å². The van der Waals surface area contributed by atoms with Gasteiger partial charge in [-0.2, -0.15) is 0 Å². The minimum absolute atomic E-state index is 0.161. The van der Waals surface area contributed by atoms with Crippen LogP contribution in [-0.4, -0.2) is 0 Å². The van der Waals surface area contributed by atoms with Gasteiger partial charge >= 0.3 is 0 Å². The molecule has 10 heavy (non-hydrogen) atoms. The SMILES string of the molecule is [CH2]C1(C(C)C)C=CC=CC1. The predicted octanol–water partition coefficient (Wildman–Crippen LogP) is 2.98. The van der Waals surface area contributed by atoms with Crippen molar-refractivity contribution in [1.29, 1.82) is 0 Å². The number of allylic oxidation sites excluding steroid dienone is 4. The zero-order valence-electron chi connectivity index (χ0n) is 6.80. The van der Waals surface area contributed by atoms with Gasteiger partial charge in [-0.25, -0.2) is 0 Å². The summed E-state index contributed by atoms with van der Waals surface area (Å²) in [5, 5.41) is 0. The molecule has 1 aliphatic carbocycles. The minimum atomic E-state index is 0.161. The summed E-state index contributed by atoms with van der Waals surface area (Å²) in [7, 11) is 0. The van der Waals surface area contributed by atoms with E-state index in [1.54, 1.807) is 0 Å². The van der Waals surface area contributed by atoms with Crippen LogP contribution in [0.5, 0.6) is 0 Å². The summed E-state index contributed by atoms with van der Waals surface area (Å²) in [5.74, 6) is 0.633. The average Bonchev–Trinajstić information content (AvgIpc) is 1.89. The van der Waals surface area contributed by atoms with Gasteiger partial charge in [0.2, 0.25) is 0 Å². The zero-order chi connectivity index (χ0) is 7.61. The molecule has 1 unspecified atom stereocenters. The van der Waals surface area contributed by atoms with Crippen molar-refractivity contribution in [3.05, 3.63) is 31.2 Å². The lowest BCUT2D eigenvalue weighted by atomic mass is 9.74. The largest absolute Gasteiger partial charge is 0.0837 e. The molecule has 0 bridgehead atoms. The third kappa shape index (κ3) is 1.31. The molecule has 0 heteroatoms. The Bertz CT molecular complexity index is 163. The highest BCUT2D eigenvalue weighted by Crippen LogP contribution is 2.34. The fourth-order valence-electron chi connectivity index (χ4n) is 1.11. The van der Waals surface area contributed by atoms with Gasteiger partial charge in [-0.1, -0.05) is 38.2 Å². The first kappa shape index (κ1) is 7.59. The van der Waals surface area contributed by atoms with Crippen LogP contribution in [0.2, 0.25) is 0 Å². The molecule has 1 rings (SSSR count). The van der Waals surface area contributed by atoms with Crippen LogP contribution in [-0.2, 0) is 0 Å². The van der Waals surface area contributed by atoms with Crippen LogP contribution in [0.25, 0.3) is 0 Å². The summed E-state index contributed by atoms with van der Waals surface area (Å²) in [6.07, 6.45) is 9.66. The second-order valence-corrected chi connectivity index (χ2v) is 3.38. The van der Waals surface area contributed by atoms with Crippen LogP contribution in [0.4, 0.5) is 0 Å². The first-order valence-corrected chi connectivity index (χ1v) is 3.85. The maximum atomic E-state index is 4.19. The van der Waals surface area contributed by atoms with Gasteiger partial charge in [0.1, 0.15) is 0 Å². The van der Waals surface area contributed by atoms with E-state index < -0.39 is 0 Å². The molecule has 1 aliphatic rings. The van der Waals surface area contributed by atoms with E-state index in [9.17, 15) is 0 Å². The molecule has 1 atom stereocenters. The zero-order valence-corrected chi connectivity index (χ0v) is 6.80. The summed E-state index contributed by atoms with van der Waals surface area (Å²) in [5.41, 5.74) is 0.161. The second-order valence-electron chi connectivity index (χ2n) is 3.38. The number of hydrogen-bond acceptors (Lipinski definition) is 0. The van der Waals surface area contributed by atoms with Crippen LogP contribution in [0.1, 0.15) is 20.3 Å². The molecule has 55 valence electrons. The molecular formula is C10H15. The van der Waals surface area contributed by atoms with Crippen molar-refractivity contribution >= 4 is 0 Å². The van der Waals surface area contributed by atoms with Crippen molar-refractivity contribution < 1.29 is 0 Å². The molecule has 0 fully saturated rings. The molecule has 0 aliphatic heterocycles. The fraction of sp³-hybridized carbons (Fsp3) is 0.500. The quantitative estimate of drug-likeness (QED) is 0.518. The van der Waals surface area contributed by atoms with Crippen molar-refractivity contribution in [2.24, 2.45) is 11.3 Å². The first-order chi connectivity index (χ1) is 4.65. The highest BCUT2D eigenvalue weighted by molar-refractivity contribution is 5.18. The van der Waals surface area contributed by atoms with Gasteiger partial charge in [0.05, 0.1) is 0 Å². The van der Waals surface area contributed by atoms with Gasteiger partial charge in [0.15, 0.2) is 0 Å². The van der Waals surface area contributed by atoms with Crippen LogP contribution in [0.15, 0.2) is 24.3 Å². The highest BCUT2D eigenvalue weighted by Gasteiger charge is 2.24. The highest BCUT2D eigenvalue weighted by atomic mass is 14.3. The average molecular weight is 135 g/mol. The molecule has 0 aromatic rings. The van der Waals surface area contributed by atoms with Gasteiger partial charge in [-0.05, 0) is 24.7 Å². The van der Waals surface area contributed by atoms with Gasteiger partial charge in [0.25, 0.3) is 0 Å². The third-order valence-corrected chi connectivity index (χ3v) is 2.32. The normalized spacial score (nSPS) is 31.6. The molecule has 0 saturated heterocycles. The van der Waals surface area contributed by atoms with E-state index in [1.165, 1.54) is 0 Å². The third-order valence-electron chi connectivity index (χ3n) is 2.32. The van der Waals surface area contributed by atoms with E-state index in [0.29, 0.717) is 5.92 Å². The van der Waals surface area contributed by atoms with Gasteiger partial charge in [-0.15, -0.1) is 0 Å². The molecule has 1 radical (unpaired) electrons. The lowest BCUT2D eigenvalue weighted by Crippen LogP contribution is -2.21. The lowest BCUT2D eigenvalue weighted by Gasteiger charge is -2.30. The Kier molecular flexibility index (Phi) is 1.98. The Hall–Kier alpha value is -0.520. The molecule has 0 amide bonds. The van der Waals surface area contributed by atoms with Crippen molar-refractivity contribution in [3.8, 4) is 0 Å². The van der Waals surface area contributed by atoms with Crippen LogP contribution in [0, 0.1) is 18.3 Å². The van der Waals surface area contributed by atoms with E-state index in [0.717, 1.165) is 6.42 Å². The Morgan fingerprint density at radius 1 is 1.40 bits per heavy atom. The van der Waals surface area contributed by atoms with Crippen LogP contribution < -0.4 is 0 Å². The summed E-state index contributed by atoms with van der Waals surface area (Å²) >= 11 is 0. The van der Waals surface area contributed by atoms with Crippen molar-refractivity contribution in [2.75, 3.05) is 0 Å². The minimum Gasteiger partial charge on any atom is -0.0837 e. The molecular weight excluding hydrogens is 120 g/mol. The number of hydrogen-bond donors (Lipinski definition) is 0. The molecule has 0 N–H and O–H groups in total. The molecule has 0 heterocycles. The van der Waals surface area contributed by atoms with Crippen molar-refractivity contribution in [2.45, 2.75) is 20.3 Å². The molecule has 0 spiro atoms. The van der Waals surface area contributed by atoms with Crippen LogP contribution >= 0.6 is 0 Å². The summed E-state index contributed by atoms with van der Waals surface area (Å²) < 4.78 is 0. The second kappa shape index (κ2) is 2.61. The molecule has 0 aromatic heterocycles. The first-order valence-electron chi connectivity index (χ1n) is 3.85. The van der Waals surface area contributed by atoms with E-state index in [4.69, 9.17) is 0 Å². The van der Waals surface area contributed by atoms with Crippen molar-refractivity contribution in [1.82, 2.24) is 0 Å². The summed E-state index contributed by atoms with van der Waals surface area (Å²) in [6, 6.07) is 0. The smallest absolute Gasteiger partial charge is 0.00573 e. The maximum absolute atomic E-state index is 4.19. The van der Waals surface area contributed by atoms with E-state index in [2.05, 4.69) is 45.1 Å². The summed E-state index contributed by atoms with van der Waals surface area (Å²) in [4.78, 5) is 0. The Labute approximate surface area is 63.6 Å². The molecule has 0 saturated carbocycles. The Morgan fingerprint density at radius 3 is 2.40 bits per heavy atom. The standard InChI is InChI=1S/C10H15/c1-9(2)10(3)7-5-4-6-8-10/h4-7,9H,3,8H2,1-2H3. The number of rotatable bonds is 1.